The molecule has 0 bridgehead atoms. The van der Waals surface area contributed by atoms with Crippen molar-refractivity contribution in [2.75, 3.05) is 13.1 Å². The first-order valence-corrected chi connectivity index (χ1v) is 8.50. The van der Waals surface area contributed by atoms with Gasteiger partial charge in [0.15, 0.2) is 0 Å². The first kappa shape index (κ1) is 15.0. The quantitative estimate of drug-likeness (QED) is 0.911. The minimum absolute atomic E-state index is 0.0329. The van der Waals surface area contributed by atoms with Crippen molar-refractivity contribution >= 4 is 26.0 Å². The number of aliphatic hydroxyl groups is 1. The first-order chi connectivity index (χ1) is 8.82. The van der Waals surface area contributed by atoms with Gasteiger partial charge in [0.05, 0.1) is 11.0 Å². The molecule has 2 rings (SSSR count). The number of aryl methyl sites for hydroxylation is 1. The topological polar surface area (TPSA) is 57.6 Å². The van der Waals surface area contributed by atoms with E-state index in [1.807, 2.05) is 0 Å². The Hall–Kier alpha value is -0.430. The molecule has 0 radical (unpaired) electrons. The van der Waals surface area contributed by atoms with E-state index in [2.05, 4.69) is 15.9 Å². The van der Waals surface area contributed by atoms with E-state index in [4.69, 9.17) is 0 Å². The smallest absolute Gasteiger partial charge is 0.243 e. The lowest BCUT2D eigenvalue weighted by Crippen LogP contribution is -2.31. The summed E-state index contributed by atoms with van der Waals surface area (Å²) in [5.41, 5.74) is 0.731. The highest BCUT2D eigenvalue weighted by molar-refractivity contribution is 9.10. The molecular weight excluding hydrogens is 330 g/mol. The Morgan fingerprint density at radius 1 is 1.47 bits per heavy atom. The molecule has 0 aliphatic carbocycles. The van der Waals surface area contributed by atoms with Crippen molar-refractivity contribution < 1.29 is 13.5 Å². The Labute approximate surface area is 122 Å². The minimum atomic E-state index is -3.45. The van der Waals surface area contributed by atoms with E-state index in [1.54, 1.807) is 32.0 Å². The highest BCUT2D eigenvalue weighted by Gasteiger charge is 2.34. The molecule has 0 aromatic heterocycles. The second kappa shape index (κ2) is 5.52. The SMILES string of the molecule is Cc1cc(Br)ccc1S(=O)(=O)N1CC[C@H]([C@H](C)O)C1. The van der Waals surface area contributed by atoms with Crippen LogP contribution in [0, 0.1) is 12.8 Å². The van der Waals surface area contributed by atoms with Gasteiger partial charge in [0.1, 0.15) is 0 Å². The molecule has 2 atom stereocenters. The fourth-order valence-corrected chi connectivity index (χ4v) is 4.60. The molecule has 0 unspecified atom stereocenters. The maximum Gasteiger partial charge on any atom is 0.243 e. The van der Waals surface area contributed by atoms with Crippen LogP contribution in [-0.2, 0) is 10.0 Å². The molecule has 106 valence electrons. The number of hydrogen-bond donors (Lipinski definition) is 1. The van der Waals surface area contributed by atoms with Crippen LogP contribution in [0.4, 0.5) is 0 Å². The Morgan fingerprint density at radius 2 is 2.16 bits per heavy atom. The fourth-order valence-electron chi connectivity index (χ4n) is 2.41. The van der Waals surface area contributed by atoms with Crippen LogP contribution >= 0.6 is 15.9 Å². The molecule has 0 spiro atoms. The number of sulfonamides is 1. The lowest BCUT2D eigenvalue weighted by Gasteiger charge is -2.19. The Balaban J connectivity index is 2.29. The average molecular weight is 348 g/mol. The van der Waals surface area contributed by atoms with Crippen molar-refractivity contribution in [3.8, 4) is 0 Å². The summed E-state index contributed by atoms with van der Waals surface area (Å²) in [6.45, 7) is 4.38. The lowest BCUT2D eigenvalue weighted by molar-refractivity contribution is 0.133. The molecular formula is C13H18BrNO3S. The Bertz CT molecular complexity index is 571. The summed E-state index contributed by atoms with van der Waals surface area (Å²) in [5, 5.41) is 9.57. The zero-order valence-electron chi connectivity index (χ0n) is 11.0. The molecule has 1 heterocycles. The first-order valence-electron chi connectivity index (χ1n) is 6.26. The summed E-state index contributed by atoms with van der Waals surface area (Å²) >= 11 is 3.33. The van der Waals surface area contributed by atoms with E-state index in [-0.39, 0.29) is 5.92 Å². The van der Waals surface area contributed by atoms with Gasteiger partial charge in [-0.2, -0.15) is 4.31 Å². The van der Waals surface area contributed by atoms with Gasteiger partial charge in [-0.3, -0.25) is 0 Å². The predicted octanol–water partition coefficient (Wildman–Crippen LogP) is 2.15. The number of nitrogens with zero attached hydrogens (tertiary/aromatic N) is 1. The van der Waals surface area contributed by atoms with Crippen LogP contribution in [0.2, 0.25) is 0 Å². The van der Waals surface area contributed by atoms with E-state index in [0.29, 0.717) is 24.4 Å². The van der Waals surface area contributed by atoms with Crippen LogP contribution in [0.15, 0.2) is 27.6 Å². The summed E-state index contributed by atoms with van der Waals surface area (Å²) in [5.74, 6) is 0.0329. The van der Waals surface area contributed by atoms with Crippen LogP contribution in [0.1, 0.15) is 18.9 Å². The highest BCUT2D eigenvalue weighted by Crippen LogP contribution is 2.28. The van der Waals surface area contributed by atoms with Crippen molar-refractivity contribution in [2.45, 2.75) is 31.3 Å². The maximum atomic E-state index is 12.6. The van der Waals surface area contributed by atoms with Gasteiger partial charge < -0.3 is 5.11 Å². The van der Waals surface area contributed by atoms with Crippen LogP contribution < -0.4 is 0 Å². The molecule has 1 saturated heterocycles. The van der Waals surface area contributed by atoms with Crippen molar-refractivity contribution in [3.63, 3.8) is 0 Å². The van der Waals surface area contributed by atoms with Gasteiger partial charge in [-0.05, 0) is 49.9 Å². The molecule has 4 nitrogen and oxygen atoms in total. The third-order valence-corrected chi connectivity index (χ3v) is 6.14. The van der Waals surface area contributed by atoms with Gasteiger partial charge in [-0.25, -0.2) is 8.42 Å². The number of halogens is 1. The van der Waals surface area contributed by atoms with E-state index >= 15 is 0 Å². The highest BCUT2D eigenvalue weighted by atomic mass is 79.9. The molecule has 0 saturated carbocycles. The zero-order chi connectivity index (χ0) is 14.2. The molecule has 1 N–H and O–H groups in total. The van der Waals surface area contributed by atoms with Crippen molar-refractivity contribution in [3.05, 3.63) is 28.2 Å². The number of benzene rings is 1. The van der Waals surface area contributed by atoms with E-state index in [0.717, 1.165) is 10.0 Å². The molecule has 1 fully saturated rings. The van der Waals surface area contributed by atoms with E-state index in [9.17, 15) is 13.5 Å². The van der Waals surface area contributed by atoms with Crippen LogP contribution in [0.3, 0.4) is 0 Å². The monoisotopic (exact) mass is 347 g/mol. The summed E-state index contributed by atoms with van der Waals surface area (Å²) in [4.78, 5) is 0.349. The standard InChI is InChI=1S/C13H18BrNO3S/c1-9-7-12(14)3-4-13(9)19(17,18)15-6-5-11(8-15)10(2)16/h3-4,7,10-11,16H,5-6,8H2,1-2H3/t10-,11-/m0/s1. The minimum Gasteiger partial charge on any atom is -0.393 e. The van der Waals surface area contributed by atoms with Gasteiger partial charge >= 0.3 is 0 Å². The number of aliphatic hydroxyl groups excluding tert-OH is 1. The molecule has 1 aliphatic rings. The summed E-state index contributed by atoms with van der Waals surface area (Å²) < 4.78 is 27.5. The van der Waals surface area contributed by atoms with Crippen LogP contribution in [-0.4, -0.2) is 37.0 Å². The maximum absolute atomic E-state index is 12.6. The summed E-state index contributed by atoms with van der Waals surface area (Å²) in [7, 11) is -3.45. The molecule has 0 amide bonds. The lowest BCUT2D eigenvalue weighted by atomic mass is 10.0. The van der Waals surface area contributed by atoms with Gasteiger partial charge in [0, 0.05) is 17.6 Å². The van der Waals surface area contributed by atoms with E-state index < -0.39 is 16.1 Å². The average Bonchev–Trinajstić information content (AvgIpc) is 2.78. The third-order valence-electron chi connectivity index (χ3n) is 3.62. The normalized spacial score (nSPS) is 22.6. The number of hydrogen-bond acceptors (Lipinski definition) is 3. The second-order valence-corrected chi connectivity index (χ2v) is 7.88. The van der Waals surface area contributed by atoms with Crippen molar-refractivity contribution in [1.29, 1.82) is 0 Å². The van der Waals surface area contributed by atoms with Crippen LogP contribution in [0.5, 0.6) is 0 Å². The fraction of sp³-hybridized carbons (Fsp3) is 0.538. The molecule has 1 aliphatic heterocycles. The molecule has 6 heteroatoms. The molecule has 19 heavy (non-hydrogen) atoms. The Kier molecular flexibility index (Phi) is 4.35. The second-order valence-electron chi connectivity index (χ2n) is 5.06. The van der Waals surface area contributed by atoms with Gasteiger partial charge in [0.25, 0.3) is 0 Å². The predicted molar refractivity (Wildman–Crippen MR) is 77.4 cm³/mol. The van der Waals surface area contributed by atoms with Crippen molar-refractivity contribution in [1.82, 2.24) is 4.31 Å². The summed E-state index contributed by atoms with van der Waals surface area (Å²) in [6.07, 6.45) is 0.248. The Morgan fingerprint density at radius 3 is 2.68 bits per heavy atom. The zero-order valence-corrected chi connectivity index (χ0v) is 13.4. The van der Waals surface area contributed by atoms with Gasteiger partial charge in [-0.15, -0.1) is 0 Å². The largest absolute Gasteiger partial charge is 0.393 e. The number of rotatable bonds is 3. The third kappa shape index (κ3) is 3.02. The van der Waals surface area contributed by atoms with Gasteiger partial charge in [0.2, 0.25) is 10.0 Å². The van der Waals surface area contributed by atoms with E-state index in [1.165, 1.54) is 4.31 Å². The molecule has 1 aromatic carbocycles. The van der Waals surface area contributed by atoms with Crippen molar-refractivity contribution in [2.24, 2.45) is 5.92 Å². The van der Waals surface area contributed by atoms with Gasteiger partial charge in [-0.1, -0.05) is 15.9 Å². The summed E-state index contributed by atoms with van der Waals surface area (Å²) in [6, 6.07) is 5.17. The van der Waals surface area contributed by atoms with Crippen LogP contribution in [0.25, 0.3) is 0 Å². The molecule has 1 aromatic rings.